The molecule has 114 valence electrons. The molecule has 1 amide bonds. The van der Waals surface area contributed by atoms with Gasteiger partial charge in [-0.1, -0.05) is 13.8 Å². The first-order chi connectivity index (χ1) is 8.69. The Kier molecular flexibility index (Phi) is 6.98. The largest absolute Gasteiger partial charge is 0.325 e. The van der Waals surface area contributed by atoms with Gasteiger partial charge in [-0.15, -0.1) is 12.4 Å². The van der Waals surface area contributed by atoms with Crippen LogP contribution >= 0.6 is 12.4 Å². The van der Waals surface area contributed by atoms with Crippen molar-refractivity contribution in [2.24, 2.45) is 11.7 Å². The topological polar surface area (TPSA) is 101 Å². The Labute approximate surface area is 125 Å². The van der Waals surface area contributed by atoms with Gasteiger partial charge in [0.05, 0.1) is 12.3 Å². The number of nitrogens with one attached hydrogen (secondary N) is 2. The second-order valence-corrected chi connectivity index (χ2v) is 6.46. The summed E-state index contributed by atoms with van der Waals surface area (Å²) in [5, 5.41) is 2.67. The molecule has 0 radical (unpaired) electrons. The average molecular weight is 322 g/mol. The SMILES string of the molecule is CC(C)[C@@H](N)C(=O)Nc1ccc(NS(C)(=O)=O)cc1.Cl. The molecule has 1 aromatic rings. The van der Waals surface area contributed by atoms with Gasteiger partial charge in [-0.3, -0.25) is 9.52 Å². The maximum Gasteiger partial charge on any atom is 0.241 e. The van der Waals surface area contributed by atoms with Crippen LogP contribution < -0.4 is 15.8 Å². The molecule has 0 aromatic heterocycles. The van der Waals surface area contributed by atoms with E-state index in [0.29, 0.717) is 11.4 Å². The van der Waals surface area contributed by atoms with Crippen molar-refractivity contribution in [2.45, 2.75) is 19.9 Å². The third-order valence-corrected chi connectivity index (χ3v) is 3.08. The van der Waals surface area contributed by atoms with E-state index in [0.717, 1.165) is 6.26 Å². The van der Waals surface area contributed by atoms with Crippen LogP contribution in [0, 0.1) is 5.92 Å². The molecular weight excluding hydrogens is 302 g/mol. The highest BCUT2D eigenvalue weighted by Crippen LogP contribution is 2.15. The van der Waals surface area contributed by atoms with E-state index in [1.807, 2.05) is 13.8 Å². The van der Waals surface area contributed by atoms with Crippen LogP contribution in [-0.2, 0) is 14.8 Å². The lowest BCUT2D eigenvalue weighted by Crippen LogP contribution is -2.39. The number of hydrogen-bond donors (Lipinski definition) is 3. The number of hydrogen-bond acceptors (Lipinski definition) is 4. The number of halogens is 1. The Morgan fingerprint density at radius 1 is 1.15 bits per heavy atom. The molecule has 0 unspecified atom stereocenters. The van der Waals surface area contributed by atoms with Crippen molar-refractivity contribution in [2.75, 3.05) is 16.3 Å². The third kappa shape index (κ3) is 6.23. The second kappa shape index (κ2) is 7.47. The van der Waals surface area contributed by atoms with E-state index in [4.69, 9.17) is 5.73 Å². The summed E-state index contributed by atoms with van der Waals surface area (Å²) < 4.78 is 24.4. The van der Waals surface area contributed by atoms with Crippen LogP contribution in [-0.4, -0.2) is 26.6 Å². The number of carbonyl (C=O) groups is 1. The van der Waals surface area contributed by atoms with Gasteiger partial charge in [0, 0.05) is 11.4 Å². The minimum atomic E-state index is -3.30. The summed E-state index contributed by atoms with van der Waals surface area (Å²) in [6.07, 6.45) is 1.07. The summed E-state index contributed by atoms with van der Waals surface area (Å²) in [6, 6.07) is 5.78. The molecule has 4 N–H and O–H groups in total. The van der Waals surface area contributed by atoms with Gasteiger partial charge in [0.2, 0.25) is 15.9 Å². The van der Waals surface area contributed by atoms with Crippen molar-refractivity contribution in [3.8, 4) is 0 Å². The van der Waals surface area contributed by atoms with Crippen molar-refractivity contribution in [1.82, 2.24) is 0 Å². The van der Waals surface area contributed by atoms with Gasteiger partial charge in [0.1, 0.15) is 0 Å². The Morgan fingerprint density at radius 2 is 1.60 bits per heavy atom. The molecular formula is C12H20ClN3O3S. The molecule has 0 aliphatic heterocycles. The zero-order chi connectivity index (χ0) is 14.6. The standard InChI is InChI=1S/C12H19N3O3S.ClH/c1-8(2)11(13)12(16)14-9-4-6-10(7-5-9)15-19(3,17)18;/h4-8,11,15H,13H2,1-3H3,(H,14,16);1H/t11-;/m1./s1. The van der Waals surface area contributed by atoms with E-state index in [2.05, 4.69) is 10.0 Å². The molecule has 8 heteroatoms. The predicted octanol–water partition coefficient (Wildman–Crippen LogP) is 1.40. The molecule has 20 heavy (non-hydrogen) atoms. The number of anilines is 2. The molecule has 0 saturated carbocycles. The van der Waals surface area contributed by atoms with Crippen molar-refractivity contribution in [3.05, 3.63) is 24.3 Å². The predicted molar refractivity (Wildman–Crippen MR) is 83.6 cm³/mol. The lowest BCUT2D eigenvalue weighted by atomic mass is 10.0. The quantitative estimate of drug-likeness (QED) is 0.763. The summed E-state index contributed by atoms with van der Waals surface area (Å²) in [5.74, 6) is -0.218. The van der Waals surface area contributed by atoms with E-state index in [1.54, 1.807) is 24.3 Å². The molecule has 0 bridgehead atoms. The first-order valence-electron chi connectivity index (χ1n) is 5.83. The number of amides is 1. The number of benzene rings is 1. The van der Waals surface area contributed by atoms with Crippen LogP contribution in [0.2, 0.25) is 0 Å². The van der Waals surface area contributed by atoms with E-state index >= 15 is 0 Å². The monoisotopic (exact) mass is 321 g/mol. The van der Waals surface area contributed by atoms with Crippen molar-refractivity contribution >= 4 is 39.7 Å². The van der Waals surface area contributed by atoms with E-state index in [1.165, 1.54) is 0 Å². The first-order valence-corrected chi connectivity index (χ1v) is 7.72. The lowest BCUT2D eigenvalue weighted by Gasteiger charge is -2.15. The molecule has 0 aliphatic carbocycles. The summed E-state index contributed by atoms with van der Waals surface area (Å²) in [6.45, 7) is 3.73. The van der Waals surface area contributed by atoms with Gasteiger partial charge < -0.3 is 11.1 Å². The summed E-state index contributed by atoms with van der Waals surface area (Å²) in [4.78, 5) is 11.7. The molecule has 0 spiro atoms. The lowest BCUT2D eigenvalue weighted by molar-refractivity contribution is -0.118. The highest BCUT2D eigenvalue weighted by molar-refractivity contribution is 7.92. The van der Waals surface area contributed by atoms with Crippen LogP contribution in [0.4, 0.5) is 11.4 Å². The van der Waals surface area contributed by atoms with Crippen LogP contribution in [0.15, 0.2) is 24.3 Å². The van der Waals surface area contributed by atoms with E-state index in [9.17, 15) is 13.2 Å². The highest BCUT2D eigenvalue weighted by Gasteiger charge is 2.17. The summed E-state index contributed by atoms with van der Waals surface area (Å²) in [5.41, 5.74) is 6.73. The molecule has 6 nitrogen and oxygen atoms in total. The highest BCUT2D eigenvalue weighted by atomic mass is 35.5. The van der Waals surface area contributed by atoms with E-state index < -0.39 is 16.1 Å². The van der Waals surface area contributed by atoms with Gasteiger partial charge in [-0.25, -0.2) is 8.42 Å². The van der Waals surface area contributed by atoms with Crippen LogP contribution in [0.1, 0.15) is 13.8 Å². The smallest absolute Gasteiger partial charge is 0.241 e. The third-order valence-electron chi connectivity index (χ3n) is 2.48. The molecule has 1 atom stereocenters. The maximum atomic E-state index is 11.7. The number of nitrogens with two attached hydrogens (primary N) is 1. The van der Waals surface area contributed by atoms with Crippen LogP contribution in [0.5, 0.6) is 0 Å². The molecule has 0 saturated heterocycles. The van der Waals surface area contributed by atoms with Crippen molar-refractivity contribution < 1.29 is 13.2 Å². The van der Waals surface area contributed by atoms with E-state index in [-0.39, 0.29) is 24.2 Å². The maximum absolute atomic E-state index is 11.7. The summed E-state index contributed by atoms with van der Waals surface area (Å²) >= 11 is 0. The minimum Gasteiger partial charge on any atom is -0.325 e. The molecule has 1 rings (SSSR count). The Morgan fingerprint density at radius 3 is 2.00 bits per heavy atom. The first kappa shape index (κ1) is 18.7. The van der Waals surface area contributed by atoms with Gasteiger partial charge >= 0.3 is 0 Å². The van der Waals surface area contributed by atoms with Gasteiger partial charge in [-0.2, -0.15) is 0 Å². The van der Waals surface area contributed by atoms with Crippen LogP contribution in [0.3, 0.4) is 0 Å². The second-order valence-electron chi connectivity index (χ2n) is 4.71. The van der Waals surface area contributed by atoms with Gasteiger partial charge in [0.15, 0.2) is 0 Å². The fourth-order valence-corrected chi connectivity index (χ4v) is 1.93. The zero-order valence-corrected chi connectivity index (χ0v) is 13.2. The normalized spacial score (nSPS) is 12.4. The molecule has 0 aliphatic rings. The number of rotatable bonds is 5. The fourth-order valence-electron chi connectivity index (χ4n) is 1.36. The summed E-state index contributed by atoms with van der Waals surface area (Å²) in [7, 11) is -3.30. The Bertz CT molecular complexity index is 544. The molecule has 1 aromatic carbocycles. The van der Waals surface area contributed by atoms with Gasteiger partial charge in [-0.05, 0) is 30.2 Å². The van der Waals surface area contributed by atoms with Crippen LogP contribution in [0.25, 0.3) is 0 Å². The number of carbonyl (C=O) groups excluding carboxylic acids is 1. The Balaban J connectivity index is 0.00000361. The fraction of sp³-hybridized carbons (Fsp3) is 0.417. The average Bonchev–Trinajstić information content (AvgIpc) is 2.28. The molecule has 0 heterocycles. The van der Waals surface area contributed by atoms with Crippen molar-refractivity contribution in [1.29, 1.82) is 0 Å². The minimum absolute atomic E-state index is 0. The Hall–Kier alpha value is -1.31. The zero-order valence-electron chi connectivity index (χ0n) is 11.6. The van der Waals surface area contributed by atoms with Crippen molar-refractivity contribution in [3.63, 3.8) is 0 Å². The van der Waals surface area contributed by atoms with Gasteiger partial charge in [0.25, 0.3) is 0 Å². The number of sulfonamides is 1. The molecule has 0 fully saturated rings.